The number of aromatic hydroxyl groups is 1. The van der Waals surface area contributed by atoms with Crippen LogP contribution in [0.2, 0.25) is 0 Å². The lowest BCUT2D eigenvalue weighted by molar-refractivity contribution is 0.0941. The molecule has 6 heteroatoms. The molecular weight excluding hydrogens is 394 g/mol. The number of Topliss-reactive ketones (excluding diaryl/α,β-unsaturated/α-hetero) is 1. The summed E-state index contributed by atoms with van der Waals surface area (Å²) in [7, 11) is 0. The Hall–Kier alpha value is -3.90. The molecule has 0 unspecified atom stereocenters. The van der Waals surface area contributed by atoms with E-state index in [0.29, 0.717) is 30.1 Å². The maximum Gasteiger partial charge on any atom is 0.255 e. The van der Waals surface area contributed by atoms with Crippen molar-refractivity contribution in [1.82, 2.24) is 0 Å². The number of nitrogens with one attached hydrogen (secondary N) is 1. The number of para-hydroxylation sites is 1. The van der Waals surface area contributed by atoms with Crippen LogP contribution < -0.4 is 5.32 Å². The number of amides is 1. The zero-order valence-electron chi connectivity index (χ0n) is 16.9. The van der Waals surface area contributed by atoms with Gasteiger partial charge in [-0.05, 0) is 48.9 Å². The Morgan fingerprint density at radius 2 is 1.77 bits per heavy atom. The lowest BCUT2D eigenvalue weighted by atomic mass is 10.1. The Morgan fingerprint density at radius 3 is 2.55 bits per heavy atom. The third kappa shape index (κ3) is 4.65. The molecule has 0 fully saturated rings. The van der Waals surface area contributed by atoms with Crippen LogP contribution in [0.5, 0.6) is 5.75 Å². The first-order chi connectivity index (χ1) is 15.0. The van der Waals surface area contributed by atoms with Crippen LogP contribution in [0.1, 0.15) is 39.0 Å². The predicted octanol–water partition coefficient (Wildman–Crippen LogP) is 5.31. The normalized spacial score (nSPS) is 10.9. The molecule has 6 nitrogen and oxygen atoms in total. The van der Waals surface area contributed by atoms with Gasteiger partial charge < -0.3 is 19.6 Å². The van der Waals surface area contributed by atoms with Crippen molar-refractivity contribution in [3.05, 3.63) is 95.2 Å². The largest absolute Gasteiger partial charge is 0.505 e. The fourth-order valence-corrected chi connectivity index (χ4v) is 3.28. The second-order valence-corrected chi connectivity index (χ2v) is 7.16. The SMILES string of the molecule is CC(=O)c1cccc(NC(=O)c2ccc3oc(COCc4ccccc4)cc3c2)c1O. The van der Waals surface area contributed by atoms with Crippen LogP contribution in [0, 0.1) is 0 Å². The first-order valence-electron chi connectivity index (χ1n) is 9.79. The highest BCUT2D eigenvalue weighted by Gasteiger charge is 2.15. The van der Waals surface area contributed by atoms with E-state index in [-0.39, 0.29) is 22.8 Å². The third-order valence-electron chi connectivity index (χ3n) is 4.85. The van der Waals surface area contributed by atoms with Crippen molar-refractivity contribution in [2.24, 2.45) is 0 Å². The fourth-order valence-electron chi connectivity index (χ4n) is 3.28. The van der Waals surface area contributed by atoms with E-state index in [0.717, 1.165) is 10.9 Å². The molecule has 4 rings (SSSR count). The number of ether oxygens (including phenoxy) is 1. The first kappa shape index (κ1) is 20.4. The zero-order chi connectivity index (χ0) is 21.8. The quantitative estimate of drug-likeness (QED) is 0.315. The van der Waals surface area contributed by atoms with E-state index < -0.39 is 5.91 Å². The minimum Gasteiger partial charge on any atom is -0.505 e. The highest BCUT2D eigenvalue weighted by atomic mass is 16.5. The van der Waals surface area contributed by atoms with E-state index in [9.17, 15) is 14.7 Å². The molecule has 1 aromatic heterocycles. The van der Waals surface area contributed by atoms with Gasteiger partial charge in [-0.3, -0.25) is 9.59 Å². The van der Waals surface area contributed by atoms with Crippen LogP contribution in [0.3, 0.4) is 0 Å². The molecule has 3 aromatic carbocycles. The number of carbonyl (C=O) groups excluding carboxylic acids is 2. The van der Waals surface area contributed by atoms with Crippen LogP contribution in [0.4, 0.5) is 5.69 Å². The van der Waals surface area contributed by atoms with Gasteiger partial charge >= 0.3 is 0 Å². The summed E-state index contributed by atoms with van der Waals surface area (Å²) < 4.78 is 11.5. The summed E-state index contributed by atoms with van der Waals surface area (Å²) in [5.41, 5.74) is 2.46. The number of furan rings is 1. The first-order valence-corrected chi connectivity index (χ1v) is 9.79. The number of carbonyl (C=O) groups is 2. The number of benzene rings is 3. The highest BCUT2D eigenvalue weighted by Crippen LogP contribution is 2.29. The Kier molecular flexibility index (Phi) is 5.82. The standard InChI is InChI=1S/C25H21NO5/c1-16(27)21-8-5-9-22(24(21)28)26-25(29)18-10-11-23-19(12-18)13-20(31-23)15-30-14-17-6-3-2-4-7-17/h2-13,28H,14-15H2,1H3,(H,26,29). The molecule has 1 heterocycles. The number of anilines is 1. The van der Waals surface area contributed by atoms with Gasteiger partial charge in [-0.15, -0.1) is 0 Å². The predicted molar refractivity (Wildman–Crippen MR) is 117 cm³/mol. The number of fused-ring (bicyclic) bond motifs is 1. The minimum absolute atomic E-state index is 0.156. The monoisotopic (exact) mass is 415 g/mol. The van der Waals surface area contributed by atoms with E-state index >= 15 is 0 Å². The molecule has 0 radical (unpaired) electrons. The molecular formula is C25H21NO5. The van der Waals surface area contributed by atoms with E-state index in [1.807, 2.05) is 36.4 Å². The summed E-state index contributed by atoms with van der Waals surface area (Å²) in [6.07, 6.45) is 0. The number of hydrogen-bond acceptors (Lipinski definition) is 5. The fraction of sp³-hybridized carbons (Fsp3) is 0.120. The van der Waals surface area contributed by atoms with Crippen molar-refractivity contribution in [2.45, 2.75) is 20.1 Å². The maximum atomic E-state index is 12.7. The van der Waals surface area contributed by atoms with Gasteiger partial charge in [0.2, 0.25) is 0 Å². The van der Waals surface area contributed by atoms with Gasteiger partial charge in [0, 0.05) is 10.9 Å². The van der Waals surface area contributed by atoms with Crippen molar-refractivity contribution in [3.8, 4) is 5.75 Å². The van der Waals surface area contributed by atoms with E-state index in [4.69, 9.17) is 9.15 Å². The molecule has 1 amide bonds. The van der Waals surface area contributed by atoms with Gasteiger partial charge in [0.1, 0.15) is 23.7 Å². The molecule has 0 aliphatic rings. The maximum absolute atomic E-state index is 12.7. The van der Waals surface area contributed by atoms with Crippen LogP contribution >= 0.6 is 0 Å². The number of hydrogen-bond donors (Lipinski definition) is 2. The molecule has 2 N–H and O–H groups in total. The van der Waals surface area contributed by atoms with Crippen molar-refractivity contribution in [3.63, 3.8) is 0 Å². The van der Waals surface area contributed by atoms with Gasteiger partial charge in [0.05, 0.1) is 17.9 Å². The Bertz CT molecular complexity index is 1240. The van der Waals surface area contributed by atoms with E-state index in [1.165, 1.54) is 19.1 Å². The van der Waals surface area contributed by atoms with E-state index in [1.54, 1.807) is 24.3 Å². The highest BCUT2D eigenvalue weighted by molar-refractivity contribution is 6.08. The molecule has 0 aliphatic carbocycles. The summed E-state index contributed by atoms with van der Waals surface area (Å²) >= 11 is 0. The molecule has 0 bridgehead atoms. The molecule has 4 aromatic rings. The van der Waals surface area contributed by atoms with Gasteiger partial charge in [0.15, 0.2) is 5.78 Å². The topological polar surface area (TPSA) is 88.8 Å². The average Bonchev–Trinajstić information content (AvgIpc) is 3.17. The minimum atomic E-state index is -0.402. The van der Waals surface area contributed by atoms with Gasteiger partial charge in [-0.2, -0.15) is 0 Å². The van der Waals surface area contributed by atoms with Crippen LogP contribution in [-0.4, -0.2) is 16.8 Å². The molecule has 0 saturated carbocycles. The number of rotatable bonds is 7. The second kappa shape index (κ2) is 8.85. The van der Waals surface area contributed by atoms with Crippen LogP contribution in [0.15, 0.2) is 77.2 Å². The summed E-state index contributed by atoms with van der Waals surface area (Å²) in [6.45, 7) is 2.15. The lowest BCUT2D eigenvalue weighted by Crippen LogP contribution is -2.12. The second-order valence-electron chi connectivity index (χ2n) is 7.16. The smallest absolute Gasteiger partial charge is 0.255 e. The summed E-state index contributed by atoms with van der Waals surface area (Å²) in [6, 6.07) is 21.4. The van der Waals surface area contributed by atoms with Crippen molar-refractivity contribution >= 4 is 28.3 Å². The number of phenolic OH excluding ortho intramolecular Hbond substituents is 1. The van der Waals surface area contributed by atoms with Gasteiger partial charge in [-0.1, -0.05) is 36.4 Å². The number of ketones is 1. The Balaban J connectivity index is 1.46. The molecule has 0 aliphatic heterocycles. The van der Waals surface area contributed by atoms with Gasteiger partial charge in [-0.25, -0.2) is 0 Å². The third-order valence-corrected chi connectivity index (χ3v) is 4.85. The molecule has 31 heavy (non-hydrogen) atoms. The Labute approximate surface area is 179 Å². The van der Waals surface area contributed by atoms with Crippen molar-refractivity contribution < 1.29 is 23.8 Å². The zero-order valence-corrected chi connectivity index (χ0v) is 16.9. The van der Waals surface area contributed by atoms with Crippen LogP contribution in [0.25, 0.3) is 11.0 Å². The molecule has 0 saturated heterocycles. The summed E-state index contributed by atoms with van der Waals surface area (Å²) in [5.74, 6) is -0.266. The number of phenols is 1. The van der Waals surface area contributed by atoms with Gasteiger partial charge in [0.25, 0.3) is 5.91 Å². The lowest BCUT2D eigenvalue weighted by Gasteiger charge is -2.09. The summed E-state index contributed by atoms with van der Waals surface area (Å²) in [4.78, 5) is 24.2. The average molecular weight is 415 g/mol. The van der Waals surface area contributed by atoms with Crippen LogP contribution in [-0.2, 0) is 18.0 Å². The summed E-state index contributed by atoms with van der Waals surface area (Å²) in [5, 5.41) is 13.7. The molecule has 156 valence electrons. The molecule has 0 spiro atoms. The van der Waals surface area contributed by atoms with Crippen molar-refractivity contribution in [2.75, 3.05) is 5.32 Å². The van der Waals surface area contributed by atoms with E-state index in [2.05, 4.69) is 5.32 Å². The Morgan fingerprint density at radius 1 is 0.968 bits per heavy atom. The molecule has 0 atom stereocenters. The van der Waals surface area contributed by atoms with Crippen molar-refractivity contribution in [1.29, 1.82) is 0 Å².